The summed E-state index contributed by atoms with van der Waals surface area (Å²) in [6.45, 7) is 0. The van der Waals surface area contributed by atoms with Crippen LogP contribution in [0.1, 0.15) is 24.0 Å². The smallest absolute Gasteiger partial charge is 0.281 e. The van der Waals surface area contributed by atoms with Gasteiger partial charge in [0.2, 0.25) is 5.82 Å². The second-order valence-electron chi connectivity index (χ2n) is 8.00. The highest BCUT2D eigenvalue weighted by molar-refractivity contribution is 5.76. The van der Waals surface area contributed by atoms with Crippen molar-refractivity contribution in [2.75, 3.05) is 0 Å². The number of benzene rings is 2. The minimum atomic E-state index is -0.412. The van der Waals surface area contributed by atoms with Crippen molar-refractivity contribution in [2.24, 2.45) is 0 Å². The van der Waals surface area contributed by atoms with E-state index in [2.05, 4.69) is 37.6 Å². The average Bonchev–Trinajstić information content (AvgIpc) is 3.52. The van der Waals surface area contributed by atoms with E-state index in [9.17, 15) is 4.39 Å². The summed E-state index contributed by atoms with van der Waals surface area (Å²) in [4.78, 5) is 8.69. The van der Waals surface area contributed by atoms with Gasteiger partial charge in [-0.05, 0) is 67.1 Å². The molecule has 0 atom stereocenters. The number of nitrogens with zero attached hydrogens (tertiary/aromatic N) is 6. The van der Waals surface area contributed by atoms with Crippen LogP contribution in [0, 0.1) is 5.82 Å². The van der Waals surface area contributed by atoms with Gasteiger partial charge in [0.15, 0.2) is 5.69 Å². The molecule has 0 aliphatic heterocycles. The molecule has 8 heteroatoms. The number of halogens is 1. The molecule has 3 aromatic heterocycles. The molecule has 162 valence electrons. The van der Waals surface area contributed by atoms with Gasteiger partial charge in [0.1, 0.15) is 17.2 Å². The quantitative estimate of drug-likeness (QED) is 0.390. The van der Waals surface area contributed by atoms with Crippen molar-refractivity contribution < 1.29 is 8.91 Å². The zero-order valence-corrected chi connectivity index (χ0v) is 17.6. The van der Waals surface area contributed by atoms with E-state index in [1.54, 1.807) is 42.7 Å². The molecule has 7 nitrogen and oxygen atoms in total. The predicted molar refractivity (Wildman–Crippen MR) is 120 cm³/mol. The summed E-state index contributed by atoms with van der Waals surface area (Å²) < 4.78 is 21.6. The molecular weight excluding hydrogens is 419 g/mol. The fraction of sp³-hybridized carbons (Fsp3) is 0.160. The van der Waals surface area contributed by atoms with Crippen LogP contribution in [0.5, 0.6) is 0 Å². The van der Waals surface area contributed by atoms with E-state index in [0.717, 1.165) is 24.0 Å². The third kappa shape index (κ3) is 3.49. The molecule has 0 saturated heterocycles. The molecule has 3 heterocycles. The van der Waals surface area contributed by atoms with Crippen LogP contribution >= 0.6 is 0 Å². The zero-order chi connectivity index (χ0) is 22.2. The van der Waals surface area contributed by atoms with Gasteiger partial charge in [-0.15, -0.1) is 5.10 Å². The highest BCUT2D eigenvalue weighted by Gasteiger charge is 2.24. The molecule has 1 aliphatic rings. The molecule has 6 rings (SSSR count). The Bertz CT molecular complexity index is 1440. The third-order valence-electron chi connectivity index (χ3n) is 5.94. The summed E-state index contributed by atoms with van der Waals surface area (Å²) in [6, 6.07) is 16.3. The maximum Gasteiger partial charge on any atom is 0.281 e. The van der Waals surface area contributed by atoms with E-state index in [-0.39, 0.29) is 11.6 Å². The summed E-state index contributed by atoms with van der Waals surface area (Å²) in [6.07, 6.45) is 7.92. The maximum absolute atomic E-state index is 14.6. The van der Waals surface area contributed by atoms with E-state index in [0.29, 0.717) is 17.2 Å². The van der Waals surface area contributed by atoms with Crippen LogP contribution in [0.25, 0.3) is 39.9 Å². The van der Waals surface area contributed by atoms with E-state index >= 15 is 0 Å². The monoisotopic (exact) mass is 438 g/mol. The minimum Gasteiger partial charge on any atom is -0.332 e. The SMILES string of the molecule is Fc1ccccc1-n1nnc(-c2nc(-c3ccc4c(c3)CCCC4)no2)c1-c1ccncc1. The van der Waals surface area contributed by atoms with Gasteiger partial charge in [0, 0.05) is 23.5 Å². The van der Waals surface area contributed by atoms with Crippen LogP contribution in [0.15, 0.2) is 71.5 Å². The highest BCUT2D eigenvalue weighted by atomic mass is 19.1. The Morgan fingerprint density at radius 1 is 0.879 bits per heavy atom. The fourth-order valence-corrected chi connectivity index (χ4v) is 4.30. The lowest BCUT2D eigenvalue weighted by molar-refractivity contribution is 0.431. The van der Waals surface area contributed by atoms with Crippen molar-refractivity contribution in [1.29, 1.82) is 0 Å². The lowest BCUT2D eigenvalue weighted by Crippen LogP contribution is -2.02. The van der Waals surface area contributed by atoms with Crippen LogP contribution in [0.2, 0.25) is 0 Å². The molecule has 0 radical (unpaired) electrons. The molecule has 0 saturated carbocycles. The number of hydrogen-bond acceptors (Lipinski definition) is 6. The molecule has 0 bridgehead atoms. The predicted octanol–water partition coefficient (Wildman–Crippen LogP) is 5.06. The summed E-state index contributed by atoms with van der Waals surface area (Å²) >= 11 is 0. The van der Waals surface area contributed by atoms with Gasteiger partial charge in [0.25, 0.3) is 5.89 Å². The van der Waals surface area contributed by atoms with Crippen molar-refractivity contribution in [3.8, 4) is 39.9 Å². The van der Waals surface area contributed by atoms with Crippen LogP contribution in [-0.2, 0) is 12.8 Å². The second kappa shape index (κ2) is 8.05. The summed E-state index contributed by atoms with van der Waals surface area (Å²) in [7, 11) is 0. The van der Waals surface area contributed by atoms with Gasteiger partial charge in [-0.3, -0.25) is 4.98 Å². The first-order chi connectivity index (χ1) is 16.3. The van der Waals surface area contributed by atoms with Gasteiger partial charge >= 0.3 is 0 Å². The average molecular weight is 438 g/mol. The number of aryl methyl sites for hydroxylation is 2. The largest absolute Gasteiger partial charge is 0.332 e. The van der Waals surface area contributed by atoms with E-state index in [4.69, 9.17) is 4.52 Å². The first-order valence-electron chi connectivity index (χ1n) is 10.9. The molecule has 2 aromatic carbocycles. The summed E-state index contributed by atoms with van der Waals surface area (Å²) in [5, 5.41) is 12.7. The number of fused-ring (bicyclic) bond motifs is 1. The second-order valence-corrected chi connectivity index (χ2v) is 8.00. The van der Waals surface area contributed by atoms with Gasteiger partial charge in [-0.1, -0.05) is 34.6 Å². The molecule has 0 unspecified atom stereocenters. The lowest BCUT2D eigenvalue weighted by Gasteiger charge is -2.15. The first kappa shape index (κ1) is 19.5. The normalized spacial score (nSPS) is 13.1. The first-order valence-corrected chi connectivity index (χ1v) is 10.9. The molecular formula is C25H19FN6O. The highest BCUT2D eigenvalue weighted by Crippen LogP contribution is 2.33. The molecule has 0 spiro atoms. The zero-order valence-electron chi connectivity index (χ0n) is 17.6. The van der Waals surface area contributed by atoms with Gasteiger partial charge in [-0.25, -0.2) is 9.07 Å². The summed E-state index contributed by atoms with van der Waals surface area (Å²) in [5.41, 5.74) is 5.58. The van der Waals surface area contributed by atoms with E-state index in [1.165, 1.54) is 34.7 Å². The molecule has 1 aliphatic carbocycles. The summed E-state index contributed by atoms with van der Waals surface area (Å²) in [5.74, 6) is 0.293. The Labute approximate surface area is 188 Å². The Balaban J connectivity index is 1.46. The van der Waals surface area contributed by atoms with Crippen LogP contribution in [0.3, 0.4) is 0 Å². The van der Waals surface area contributed by atoms with Gasteiger partial charge < -0.3 is 4.52 Å². The number of hydrogen-bond donors (Lipinski definition) is 0. The van der Waals surface area contributed by atoms with Crippen molar-refractivity contribution in [2.45, 2.75) is 25.7 Å². The van der Waals surface area contributed by atoms with E-state index < -0.39 is 5.82 Å². The Hall–Kier alpha value is -4.20. The Morgan fingerprint density at radius 3 is 2.55 bits per heavy atom. The van der Waals surface area contributed by atoms with Crippen molar-refractivity contribution >= 4 is 0 Å². The molecule has 0 N–H and O–H groups in total. The molecule has 0 fully saturated rings. The molecule has 33 heavy (non-hydrogen) atoms. The van der Waals surface area contributed by atoms with Gasteiger partial charge in [-0.2, -0.15) is 4.98 Å². The third-order valence-corrected chi connectivity index (χ3v) is 5.94. The number of aromatic nitrogens is 6. The van der Waals surface area contributed by atoms with Crippen molar-refractivity contribution in [3.05, 3.63) is 83.9 Å². The van der Waals surface area contributed by atoms with Crippen LogP contribution in [-0.4, -0.2) is 30.1 Å². The van der Waals surface area contributed by atoms with Crippen LogP contribution in [0.4, 0.5) is 4.39 Å². The Morgan fingerprint density at radius 2 is 1.70 bits per heavy atom. The minimum absolute atomic E-state index is 0.220. The fourth-order valence-electron chi connectivity index (χ4n) is 4.30. The van der Waals surface area contributed by atoms with Crippen LogP contribution < -0.4 is 0 Å². The lowest BCUT2D eigenvalue weighted by atomic mass is 9.90. The van der Waals surface area contributed by atoms with Gasteiger partial charge in [0.05, 0.1) is 0 Å². The molecule has 0 amide bonds. The number of para-hydroxylation sites is 1. The molecule has 5 aromatic rings. The topological polar surface area (TPSA) is 82.5 Å². The van der Waals surface area contributed by atoms with Crippen molar-refractivity contribution in [3.63, 3.8) is 0 Å². The number of rotatable bonds is 4. The number of pyridine rings is 1. The Kier molecular flexibility index (Phi) is 4.75. The standard InChI is InChI=1S/C25H19FN6O/c26-20-7-3-4-8-21(20)32-23(17-11-13-27-14-12-17)22(29-31-32)25-28-24(30-33-25)19-10-9-16-5-1-2-6-18(16)15-19/h3-4,7-15H,1-2,5-6H2. The van der Waals surface area contributed by atoms with Crippen molar-refractivity contribution in [1.82, 2.24) is 30.1 Å². The maximum atomic E-state index is 14.6. The van der Waals surface area contributed by atoms with E-state index in [1.807, 2.05) is 6.07 Å².